The van der Waals surface area contributed by atoms with E-state index in [9.17, 15) is 0 Å². The zero-order valence-electron chi connectivity index (χ0n) is 11.6. The van der Waals surface area contributed by atoms with Gasteiger partial charge in [-0.3, -0.25) is 0 Å². The van der Waals surface area contributed by atoms with E-state index >= 15 is 0 Å². The van der Waals surface area contributed by atoms with Crippen molar-refractivity contribution in [1.29, 1.82) is 0 Å². The molecule has 1 N–H and O–H groups in total. The molecule has 106 valence electrons. The van der Waals surface area contributed by atoms with Gasteiger partial charge in [0.15, 0.2) is 5.01 Å². The SMILES string of the molecule is c1ccc2nc(-c3nnc(CCNC4CC4)s3)ccc2c1. The third-order valence-electron chi connectivity index (χ3n) is 3.63. The molecule has 3 aromatic rings. The summed E-state index contributed by atoms with van der Waals surface area (Å²) in [5.41, 5.74) is 1.91. The first-order valence-electron chi connectivity index (χ1n) is 7.30. The molecule has 0 atom stereocenters. The van der Waals surface area contributed by atoms with Crippen LogP contribution >= 0.6 is 11.3 Å². The number of nitrogens with zero attached hydrogens (tertiary/aromatic N) is 3. The Labute approximate surface area is 127 Å². The van der Waals surface area contributed by atoms with Crippen molar-refractivity contribution in [3.63, 3.8) is 0 Å². The van der Waals surface area contributed by atoms with Gasteiger partial charge >= 0.3 is 0 Å². The van der Waals surface area contributed by atoms with E-state index in [1.165, 1.54) is 12.8 Å². The minimum Gasteiger partial charge on any atom is -0.314 e. The van der Waals surface area contributed by atoms with Gasteiger partial charge in [-0.05, 0) is 25.0 Å². The fourth-order valence-electron chi connectivity index (χ4n) is 2.31. The molecule has 2 heterocycles. The van der Waals surface area contributed by atoms with Gasteiger partial charge in [-0.2, -0.15) is 0 Å². The molecule has 0 saturated heterocycles. The number of fused-ring (bicyclic) bond motifs is 1. The largest absolute Gasteiger partial charge is 0.314 e. The number of benzene rings is 1. The van der Waals surface area contributed by atoms with Crippen LogP contribution in [0, 0.1) is 0 Å². The highest BCUT2D eigenvalue weighted by molar-refractivity contribution is 7.14. The van der Waals surface area contributed by atoms with Crippen LogP contribution in [-0.4, -0.2) is 27.8 Å². The maximum absolute atomic E-state index is 4.67. The molecule has 5 heteroatoms. The van der Waals surface area contributed by atoms with Gasteiger partial charge in [-0.25, -0.2) is 4.98 Å². The van der Waals surface area contributed by atoms with Crippen LogP contribution in [0.25, 0.3) is 21.6 Å². The predicted octanol–water partition coefficient (Wildman–Crippen LogP) is 3.05. The Morgan fingerprint density at radius 3 is 2.90 bits per heavy atom. The molecule has 21 heavy (non-hydrogen) atoms. The maximum Gasteiger partial charge on any atom is 0.166 e. The van der Waals surface area contributed by atoms with Crippen LogP contribution in [-0.2, 0) is 6.42 Å². The molecule has 0 unspecified atom stereocenters. The van der Waals surface area contributed by atoms with Crippen molar-refractivity contribution in [2.45, 2.75) is 25.3 Å². The predicted molar refractivity (Wildman–Crippen MR) is 85.4 cm³/mol. The molecule has 1 aliphatic rings. The fraction of sp³-hybridized carbons (Fsp3) is 0.312. The normalized spacial score (nSPS) is 14.7. The molecule has 2 aromatic heterocycles. The highest BCUT2D eigenvalue weighted by Gasteiger charge is 2.20. The molecular formula is C16H16N4S. The lowest BCUT2D eigenvalue weighted by Crippen LogP contribution is -2.19. The van der Waals surface area contributed by atoms with E-state index in [0.717, 1.165) is 45.6 Å². The van der Waals surface area contributed by atoms with E-state index in [2.05, 4.69) is 32.6 Å². The van der Waals surface area contributed by atoms with E-state index in [1.807, 2.05) is 24.3 Å². The van der Waals surface area contributed by atoms with Gasteiger partial charge in [-0.15, -0.1) is 10.2 Å². The number of rotatable bonds is 5. The van der Waals surface area contributed by atoms with Crippen molar-refractivity contribution in [2.75, 3.05) is 6.54 Å². The van der Waals surface area contributed by atoms with Crippen molar-refractivity contribution < 1.29 is 0 Å². The highest BCUT2D eigenvalue weighted by Crippen LogP contribution is 2.24. The maximum atomic E-state index is 4.67. The Morgan fingerprint density at radius 1 is 1.10 bits per heavy atom. The van der Waals surface area contributed by atoms with E-state index in [1.54, 1.807) is 11.3 Å². The summed E-state index contributed by atoms with van der Waals surface area (Å²) in [7, 11) is 0. The highest BCUT2D eigenvalue weighted by atomic mass is 32.1. The molecule has 4 rings (SSSR count). The van der Waals surface area contributed by atoms with Gasteiger partial charge in [0.2, 0.25) is 0 Å². The first-order chi connectivity index (χ1) is 10.4. The molecule has 1 aromatic carbocycles. The second-order valence-electron chi connectivity index (χ2n) is 5.37. The van der Waals surface area contributed by atoms with Crippen LogP contribution in [0.5, 0.6) is 0 Å². The minimum atomic E-state index is 0.750. The lowest BCUT2D eigenvalue weighted by Gasteiger charge is -1.99. The fourth-order valence-corrected chi connectivity index (χ4v) is 3.12. The van der Waals surface area contributed by atoms with Crippen LogP contribution in [0.1, 0.15) is 17.8 Å². The lowest BCUT2D eigenvalue weighted by molar-refractivity contribution is 0.677. The Bertz CT molecular complexity index is 764. The van der Waals surface area contributed by atoms with Gasteiger partial charge < -0.3 is 5.32 Å². The Morgan fingerprint density at radius 2 is 2.00 bits per heavy atom. The smallest absolute Gasteiger partial charge is 0.166 e. The van der Waals surface area contributed by atoms with Crippen LogP contribution in [0.3, 0.4) is 0 Å². The van der Waals surface area contributed by atoms with Gasteiger partial charge in [0.25, 0.3) is 0 Å². The summed E-state index contributed by atoms with van der Waals surface area (Å²) < 4.78 is 0. The van der Waals surface area contributed by atoms with Crippen LogP contribution < -0.4 is 5.32 Å². The van der Waals surface area contributed by atoms with E-state index in [4.69, 9.17) is 0 Å². The summed E-state index contributed by atoms with van der Waals surface area (Å²) in [6.45, 7) is 0.991. The average Bonchev–Trinajstić information content (AvgIpc) is 3.23. The van der Waals surface area contributed by atoms with Gasteiger partial charge in [0.05, 0.1) is 5.52 Å². The lowest BCUT2D eigenvalue weighted by atomic mass is 10.2. The summed E-state index contributed by atoms with van der Waals surface area (Å²) in [5.74, 6) is 0. The second-order valence-corrected chi connectivity index (χ2v) is 6.43. The number of hydrogen-bond donors (Lipinski definition) is 1. The molecule has 0 radical (unpaired) electrons. The molecule has 0 bridgehead atoms. The van der Waals surface area contributed by atoms with Crippen molar-refractivity contribution in [3.8, 4) is 10.7 Å². The number of aromatic nitrogens is 3. The number of para-hydroxylation sites is 1. The minimum absolute atomic E-state index is 0.750. The van der Waals surface area contributed by atoms with E-state index < -0.39 is 0 Å². The average molecular weight is 296 g/mol. The zero-order chi connectivity index (χ0) is 14.1. The quantitative estimate of drug-likeness (QED) is 0.786. The molecule has 4 nitrogen and oxygen atoms in total. The van der Waals surface area contributed by atoms with Crippen molar-refractivity contribution in [1.82, 2.24) is 20.5 Å². The molecule has 1 fully saturated rings. The van der Waals surface area contributed by atoms with Crippen LogP contribution in [0.15, 0.2) is 36.4 Å². The monoisotopic (exact) mass is 296 g/mol. The summed E-state index contributed by atoms with van der Waals surface area (Å²) in [6, 6.07) is 13.0. The van der Waals surface area contributed by atoms with Crippen molar-refractivity contribution in [2.24, 2.45) is 0 Å². The van der Waals surface area contributed by atoms with E-state index in [0.29, 0.717) is 0 Å². The molecule has 0 spiro atoms. The van der Waals surface area contributed by atoms with Gasteiger partial charge in [0, 0.05) is 24.4 Å². The molecular weight excluding hydrogens is 280 g/mol. The third-order valence-corrected chi connectivity index (χ3v) is 4.64. The van der Waals surface area contributed by atoms with Gasteiger partial charge in [0.1, 0.15) is 10.7 Å². The second kappa shape index (κ2) is 5.50. The Kier molecular flexibility index (Phi) is 3.37. The summed E-state index contributed by atoms with van der Waals surface area (Å²) in [5, 5.41) is 15.2. The topological polar surface area (TPSA) is 50.7 Å². The zero-order valence-corrected chi connectivity index (χ0v) is 12.4. The summed E-state index contributed by atoms with van der Waals surface area (Å²) in [6.07, 6.45) is 3.59. The Balaban J connectivity index is 1.52. The summed E-state index contributed by atoms with van der Waals surface area (Å²) >= 11 is 1.64. The van der Waals surface area contributed by atoms with E-state index in [-0.39, 0.29) is 0 Å². The third kappa shape index (κ3) is 2.94. The summed E-state index contributed by atoms with van der Waals surface area (Å²) in [4.78, 5) is 4.67. The van der Waals surface area contributed by atoms with Crippen molar-refractivity contribution >= 4 is 22.2 Å². The number of hydrogen-bond acceptors (Lipinski definition) is 5. The van der Waals surface area contributed by atoms with Crippen LogP contribution in [0.2, 0.25) is 0 Å². The number of nitrogens with one attached hydrogen (secondary N) is 1. The molecule has 0 aliphatic heterocycles. The first kappa shape index (κ1) is 12.9. The molecule has 1 saturated carbocycles. The standard InChI is InChI=1S/C16H16N4S/c1-2-4-13-11(3-1)5-8-14(18-13)16-20-19-15(21-16)9-10-17-12-6-7-12/h1-5,8,12,17H,6-7,9-10H2. The van der Waals surface area contributed by atoms with Gasteiger partial charge in [-0.1, -0.05) is 35.6 Å². The van der Waals surface area contributed by atoms with Crippen LogP contribution in [0.4, 0.5) is 0 Å². The molecule has 1 aliphatic carbocycles. The molecule has 0 amide bonds. The number of pyridine rings is 1. The van der Waals surface area contributed by atoms with Crippen molar-refractivity contribution in [3.05, 3.63) is 41.4 Å². The first-order valence-corrected chi connectivity index (χ1v) is 8.12. The Hall–Kier alpha value is -1.85.